The van der Waals surface area contributed by atoms with Crippen molar-refractivity contribution in [2.45, 2.75) is 25.5 Å². The third kappa shape index (κ3) is 3.18. The summed E-state index contributed by atoms with van der Waals surface area (Å²) in [5.74, 6) is 0.925. The van der Waals surface area contributed by atoms with E-state index in [-0.39, 0.29) is 5.56 Å². The minimum Gasteiger partial charge on any atom is -0.339 e. The van der Waals surface area contributed by atoms with Gasteiger partial charge >= 0.3 is 0 Å². The van der Waals surface area contributed by atoms with Gasteiger partial charge in [-0.05, 0) is 25.3 Å². The number of aromatic nitrogens is 5. The summed E-state index contributed by atoms with van der Waals surface area (Å²) in [5, 5.41) is 5.74. The van der Waals surface area contributed by atoms with Crippen LogP contribution in [0.5, 0.6) is 0 Å². The molecule has 4 aromatic rings. The van der Waals surface area contributed by atoms with Crippen LogP contribution < -0.4 is 5.56 Å². The highest BCUT2D eigenvalue weighted by Crippen LogP contribution is 2.31. The first-order valence-corrected chi connectivity index (χ1v) is 10.2. The molecular weight excluding hydrogens is 398 g/mol. The van der Waals surface area contributed by atoms with Gasteiger partial charge in [-0.2, -0.15) is 4.98 Å². The minimum atomic E-state index is -0.147. The van der Waals surface area contributed by atoms with Crippen molar-refractivity contribution in [2.75, 3.05) is 6.26 Å². The first kappa shape index (κ1) is 18.6. The Balaban J connectivity index is 1.89. The Kier molecular flexibility index (Phi) is 4.91. The molecule has 1 aromatic carbocycles. The standard InChI is InChI=1S/C19H16ClN5O2S/c1-4-25-17-12(9-21-19(23-17)28-3)7-14(18(25)26)13-6-5-11(8-15(13)20)16-22-10(2)27-24-16/h5-9H,4H2,1-3H3. The highest BCUT2D eigenvalue weighted by atomic mass is 35.5. The second kappa shape index (κ2) is 7.37. The van der Waals surface area contributed by atoms with E-state index in [1.165, 1.54) is 11.8 Å². The zero-order chi connectivity index (χ0) is 19.8. The number of aryl methyl sites for hydroxylation is 2. The van der Waals surface area contributed by atoms with E-state index in [2.05, 4.69) is 20.1 Å². The van der Waals surface area contributed by atoms with Crippen molar-refractivity contribution in [1.82, 2.24) is 24.7 Å². The lowest BCUT2D eigenvalue weighted by molar-refractivity contribution is 0.394. The normalized spacial score (nSPS) is 11.3. The van der Waals surface area contributed by atoms with Crippen LogP contribution in [0.15, 0.2) is 44.9 Å². The lowest BCUT2D eigenvalue weighted by Crippen LogP contribution is -2.22. The second-order valence-corrected chi connectivity index (χ2v) is 7.26. The summed E-state index contributed by atoms with van der Waals surface area (Å²) in [4.78, 5) is 26.1. The van der Waals surface area contributed by atoms with Crippen LogP contribution in [0.25, 0.3) is 33.5 Å². The van der Waals surface area contributed by atoms with E-state index in [9.17, 15) is 4.79 Å². The molecule has 0 spiro atoms. The average Bonchev–Trinajstić information content (AvgIpc) is 3.13. The highest BCUT2D eigenvalue weighted by Gasteiger charge is 2.16. The molecule has 0 fully saturated rings. The first-order valence-electron chi connectivity index (χ1n) is 8.57. The third-order valence-electron chi connectivity index (χ3n) is 4.35. The molecule has 3 aromatic heterocycles. The van der Waals surface area contributed by atoms with Gasteiger partial charge in [-0.25, -0.2) is 9.97 Å². The predicted molar refractivity (Wildman–Crippen MR) is 110 cm³/mol. The van der Waals surface area contributed by atoms with E-state index in [4.69, 9.17) is 16.1 Å². The van der Waals surface area contributed by atoms with E-state index in [1.807, 2.05) is 19.2 Å². The highest BCUT2D eigenvalue weighted by molar-refractivity contribution is 7.98. The van der Waals surface area contributed by atoms with Crippen molar-refractivity contribution in [1.29, 1.82) is 0 Å². The van der Waals surface area contributed by atoms with E-state index < -0.39 is 0 Å². The number of rotatable bonds is 4. The van der Waals surface area contributed by atoms with E-state index in [0.717, 1.165) is 10.9 Å². The number of thioether (sulfide) groups is 1. The fraction of sp³-hybridized carbons (Fsp3) is 0.211. The second-order valence-electron chi connectivity index (χ2n) is 6.07. The molecule has 0 N–H and O–H groups in total. The van der Waals surface area contributed by atoms with Crippen molar-refractivity contribution in [3.63, 3.8) is 0 Å². The Labute approximate surface area is 169 Å². The molecule has 9 heteroatoms. The largest absolute Gasteiger partial charge is 0.339 e. The molecule has 0 bridgehead atoms. The zero-order valence-corrected chi connectivity index (χ0v) is 17.0. The van der Waals surface area contributed by atoms with Crippen molar-refractivity contribution in [3.05, 3.63) is 51.7 Å². The smallest absolute Gasteiger partial charge is 0.260 e. The van der Waals surface area contributed by atoms with Crippen molar-refractivity contribution >= 4 is 34.4 Å². The van der Waals surface area contributed by atoms with E-state index in [1.54, 1.807) is 35.9 Å². The number of fused-ring (bicyclic) bond motifs is 1. The molecule has 0 aliphatic heterocycles. The molecule has 0 atom stereocenters. The number of hydrogen-bond donors (Lipinski definition) is 0. The summed E-state index contributed by atoms with van der Waals surface area (Å²) in [7, 11) is 0. The third-order valence-corrected chi connectivity index (χ3v) is 5.22. The van der Waals surface area contributed by atoms with Crippen molar-refractivity contribution < 1.29 is 4.52 Å². The molecule has 28 heavy (non-hydrogen) atoms. The van der Waals surface area contributed by atoms with Gasteiger partial charge < -0.3 is 4.52 Å². The average molecular weight is 414 g/mol. The quantitative estimate of drug-likeness (QED) is 0.365. The Morgan fingerprint density at radius 2 is 2.04 bits per heavy atom. The molecule has 0 aliphatic carbocycles. The molecule has 0 radical (unpaired) electrons. The van der Waals surface area contributed by atoms with Gasteiger partial charge in [0.25, 0.3) is 5.56 Å². The minimum absolute atomic E-state index is 0.147. The molecule has 0 amide bonds. The van der Waals surface area contributed by atoms with Gasteiger partial charge in [0, 0.05) is 46.8 Å². The fourth-order valence-corrected chi connectivity index (χ4v) is 3.64. The monoisotopic (exact) mass is 413 g/mol. The van der Waals surface area contributed by atoms with Crippen molar-refractivity contribution in [3.8, 4) is 22.5 Å². The van der Waals surface area contributed by atoms with Crippen LogP contribution in [0.3, 0.4) is 0 Å². The molecule has 142 valence electrons. The van der Waals surface area contributed by atoms with Crippen LogP contribution in [0.4, 0.5) is 0 Å². The van der Waals surface area contributed by atoms with Crippen LogP contribution in [-0.2, 0) is 6.54 Å². The number of nitrogens with zero attached hydrogens (tertiary/aromatic N) is 5. The van der Waals surface area contributed by atoms with Gasteiger partial charge in [0.05, 0.1) is 0 Å². The number of hydrogen-bond acceptors (Lipinski definition) is 7. The Morgan fingerprint density at radius 3 is 2.68 bits per heavy atom. The SMILES string of the molecule is CCn1c(=O)c(-c2ccc(-c3noc(C)n3)cc2Cl)cc2cnc(SC)nc21. The topological polar surface area (TPSA) is 86.7 Å². The summed E-state index contributed by atoms with van der Waals surface area (Å²) >= 11 is 7.95. The molecule has 0 saturated heterocycles. The van der Waals surface area contributed by atoms with Gasteiger partial charge in [0.1, 0.15) is 5.65 Å². The maximum absolute atomic E-state index is 13.1. The first-order chi connectivity index (χ1) is 13.5. The van der Waals surface area contributed by atoms with Crippen LogP contribution in [-0.4, -0.2) is 30.9 Å². The Hall–Kier alpha value is -2.71. The summed E-state index contributed by atoms with van der Waals surface area (Å²) < 4.78 is 6.65. The molecule has 0 aliphatic rings. The number of pyridine rings is 1. The zero-order valence-electron chi connectivity index (χ0n) is 15.4. The lowest BCUT2D eigenvalue weighted by atomic mass is 10.0. The fourth-order valence-electron chi connectivity index (χ4n) is 3.02. The summed E-state index contributed by atoms with van der Waals surface area (Å²) in [6.07, 6.45) is 3.63. The maximum Gasteiger partial charge on any atom is 0.260 e. The van der Waals surface area contributed by atoms with Gasteiger partial charge in [-0.3, -0.25) is 9.36 Å². The molecular formula is C19H16ClN5O2S. The number of benzene rings is 1. The molecule has 3 heterocycles. The van der Waals surface area contributed by atoms with Gasteiger partial charge in [-0.15, -0.1) is 0 Å². The van der Waals surface area contributed by atoms with Gasteiger partial charge in [-0.1, -0.05) is 40.7 Å². The Bertz CT molecular complexity index is 1250. The summed E-state index contributed by atoms with van der Waals surface area (Å²) in [6.45, 7) is 4.12. The van der Waals surface area contributed by atoms with E-state index >= 15 is 0 Å². The number of halogens is 1. The van der Waals surface area contributed by atoms with Crippen LogP contribution in [0.1, 0.15) is 12.8 Å². The Morgan fingerprint density at radius 1 is 1.21 bits per heavy atom. The lowest BCUT2D eigenvalue weighted by Gasteiger charge is -2.12. The van der Waals surface area contributed by atoms with E-state index in [0.29, 0.717) is 45.2 Å². The molecule has 0 unspecified atom stereocenters. The summed E-state index contributed by atoms with van der Waals surface area (Å²) in [5.41, 5.74) is 2.32. The predicted octanol–water partition coefficient (Wildman–Crippen LogP) is 4.21. The van der Waals surface area contributed by atoms with Crippen molar-refractivity contribution in [2.24, 2.45) is 0 Å². The van der Waals surface area contributed by atoms with Gasteiger partial charge in [0.2, 0.25) is 11.7 Å². The maximum atomic E-state index is 13.1. The van der Waals surface area contributed by atoms with Gasteiger partial charge in [0.15, 0.2) is 5.16 Å². The van der Waals surface area contributed by atoms with Crippen LogP contribution in [0.2, 0.25) is 5.02 Å². The summed E-state index contributed by atoms with van der Waals surface area (Å²) in [6, 6.07) is 7.13. The molecule has 4 rings (SSSR count). The van der Waals surface area contributed by atoms with Crippen LogP contribution >= 0.6 is 23.4 Å². The molecule has 0 saturated carbocycles. The molecule has 7 nitrogen and oxygen atoms in total. The van der Waals surface area contributed by atoms with Crippen LogP contribution in [0, 0.1) is 6.92 Å².